The molecule has 45 heavy (non-hydrogen) atoms. The van der Waals surface area contributed by atoms with Crippen LogP contribution in [0.5, 0.6) is 5.88 Å². The molecule has 14 heteroatoms. The predicted octanol–water partition coefficient (Wildman–Crippen LogP) is 3.86. The van der Waals surface area contributed by atoms with Gasteiger partial charge in [0.2, 0.25) is 21.8 Å². The van der Waals surface area contributed by atoms with E-state index < -0.39 is 51.7 Å². The Hall–Kier alpha value is -4.95. The number of hydrogen-bond acceptors (Lipinski definition) is 10. The molecule has 4 rings (SSSR count). The number of aromatic nitrogens is 1. The first-order valence-electron chi connectivity index (χ1n) is 14.1. The second-order valence-corrected chi connectivity index (χ2v) is 11.9. The molecule has 3 aromatic rings. The summed E-state index contributed by atoms with van der Waals surface area (Å²) in [5.41, 5.74) is 0.527. The van der Waals surface area contributed by atoms with Crippen LogP contribution in [-0.2, 0) is 24.3 Å². The average Bonchev–Trinajstić information content (AvgIpc) is 3.47. The molecular weight excluding hydrogens is 602 g/mol. The minimum Gasteiger partial charge on any atom is -0.472 e. The molecule has 1 aliphatic heterocycles. The number of rotatable bonds is 15. The van der Waals surface area contributed by atoms with Crippen LogP contribution in [0.4, 0.5) is 10.5 Å². The number of amides is 2. The van der Waals surface area contributed by atoms with Crippen molar-refractivity contribution in [2.45, 2.75) is 42.3 Å². The molecule has 3 atom stereocenters. The number of nitrogens with one attached hydrogen (secondary N) is 2. The lowest BCUT2D eigenvalue weighted by molar-refractivity contribution is -0.136. The van der Waals surface area contributed by atoms with Crippen LogP contribution in [0.2, 0.25) is 0 Å². The lowest BCUT2D eigenvalue weighted by Gasteiger charge is -2.26. The quantitative estimate of drug-likeness (QED) is 0.109. The summed E-state index contributed by atoms with van der Waals surface area (Å²) in [4.78, 5) is 54.8. The second-order valence-electron chi connectivity index (χ2n) is 10.1. The van der Waals surface area contributed by atoms with Gasteiger partial charge in [-0.1, -0.05) is 43.0 Å². The van der Waals surface area contributed by atoms with Gasteiger partial charge in [0, 0.05) is 24.5 Å². The number of allylic oxidation sites excluding steroid dienone is 1. The fourth-order valence-corrected chi connectivity index (χ4v) is 6.02. The normalized spacial score (nSPS) is 16.8. The van der Waals surface area contributed by atoms with Gasteiger partial charge in [-0.15, -0.1) is 11.5 Å². The van der Waals surface area contributed by atoms with E-state index in [0.29, 0.717) is 25.0 Å². The summed E-state index contributed by atoms with van der Waals surface area (Å²) >= 11 is 0. The predicted molar refractivity (Wildman–Crippen MR) is 167 cm³/mol. The van der Waals surface area contributed by atoms with Crippen molar-refractivity contribution in [3.8, 4) is 5.88 Å². The number of aldehydes is 1. The number of nitroso groups, excluding NO2 is 1. The van der Waals surface area contributed by atoms with Gasteiger partial charge in [-0.25, -0.2) is 22.9 Å². The van der Waals surface area contributed by atoms with Crippen molar-refractivity contribution in [1.29, 1.82) is 0 Å². The maximum Gasteiger partial charge on any atom is 0.407 e. The number of hydrogen-bond donors (Lipinski definition) is 2. The highest BCUT2D eigenvalue weighted by Gasteiger charge is 2.40. The standard InChI is InChI=1S/C31H33N5O8S/c1-3-5-8-15-43-31(39)34-27(18-33-45(41,42)28-10-7-6-9-26(28)35-40)30(38)36-19-24(17-23(36)20-37)44-29-25-16-21(4-2)11-12-22(25)13-14-32-29/h3-4,6-7,9-14,16,20,23-24,27,33H,1-2,5,8,15,17-19H2,(H,34,39)/t23-,24+,27-/m0/s1. The number of carbonyl (C=O) groups is 3. The Morgan fingerprint density at radius 3 is 2.71 bits per heavy atom. The van der Waals surface area contributed by atoms with Crippen LogP contribution in [0, 0.1) is 4.91 Å². The molecular formula is C31H33N5O8S. The lowest BCUT2D eigenvalue weighted by atomic mass is 10.1. The zero-order valence-corrected chi connectivity index (χ0v) is 25.1. The number of fused-ring (bicyclic) bond motifs is 1. The van der Waals surface area contributed by atoms with Crippen LogP contribution in [0.15, 0.2) is 84.0 Å². The number of ether oxygens (including phenoxy) is 2. The molecule has 2 aromatic carbocycles. The summed E-state index contributed by atoms with van der Waals surface area (Å²) in [7, 11) is -4.34. The molecule has 2 heterocycles. The van der Waals surface area contributed by atoms with Gasteiger partial charge in [0.25, 0.3) is 0 Å². The van der Waals surface area contributed by atoms with E-state index >= 15 is 0 Å². The van der Waals surface area contributed by atoms with Crippen molar-refractivity contribution in [2.75, 3.05) is 19.7 Å². The number of nitrogens with zero attached hydrogens (tertiary/aromatic N) is 3. The van der Waals surface area contributed by atoms with E-state index in [1.807, 2.05) is 24.3 Å². The van der Waals surface area contributed by atoms with Crippen molar-refractivity contribution in [3.63, 3.8) is 0 Å². The van der Waals surface area contributed by atoms with E-state index in [4.69, 9.17) is 9.47 Å². The average molecular weight is 636 g/mol. The monoisotopic (exact) mass is 635 g/mol. The minimum absolute atomic E-state index is 0.0328. The molecule has 0 aliphatic carbocycles. The molecule has 1 saturated heterocycles. The van der Waals surface area contributed by atoms with Gasteiger partial charge in [0.1, 0.15) is 29.0 Å². The molecule has 2 N–H and O–H groups in total. The van der Waals surface area contributed by atoms with E-state index in [0.717, 1.165) is 16.3 Å². The molecule has 1 fully saturated rings. The molecule has 0 bridgehead atoms. The Balaban J connectivity index is 1.54. The molecule has 0 unspecified atom stereocenters. The van der Waals surface area contributed by atoms with Gasteiger partial charge in [-0.05, 0) is 53.2 Å². The van der Waals surface area contributed by atoms with Crippen molar-refractivity contribution in [1.82, 2.24) is 19.9 Å². The van der Waals surface area contributed by atoms with Gasteiger partial charge < -0.3 is 24.5 Å². The molecule has 2 amide bonds. The summed E-state index contributed by atoms with van der Waals surface area (Å²) in [5, 5.41) is 6.74. The van der Waals surface area contributed by atoms with E-state index in [1.54, 1.807) is 18.3 Å². The summed E-state index contributed by atoms with van der Waals surface area (Å²) in [5.74, 6) is -0.432. The van der Waals surface area contributed by atoms with Crippen LogP contribution >= 0.6 is 0 Å². The zero-order chi connectivity index (χ0) is 32.4. The Bertz CT molecular complexity index is 1700. The largest absolute Gasteiger partial charge is 0.472 e. The summed E-state index contributed by atoms with van der Waals surface area (Å²) in [6.45, 7) is 6.77. The van der Waals surface area contributed by atoms with Crippen LogP contribution in [0.1, 0.15) is 24.8 Å². The summed E-state index contributed by atoms with van der Waals surface area (Å²) in [6.07, 6.45) is 5.16. The second kappa shape index (κ2) is 15.2. The van der Waals surface area contributed by atoms with E-state index in [1.165, 1.54) is 29.2 Å². The Kier molecular flexibility index (Phi) is 11.1. The van der Waals surface area contributed by atoms with Gasteiger partial charge in [0.15, 0.2) is 0 Å². The smallest absolute Gasteiger partial charge is 0.407 e. The third-order valence-electron chi connectivity index (χ3n) is 7.12. The van der Waals surface area contributed by atoms with Gasteiger partial charge in [0.05, 0.1) is 19.2 Å². The SMILES string of the molecule is C=CCCCOC(=O)N[C@@H](CNS(=O)(=O)c1ccccc1N=O)C(=O)N1C[C@H](Oc2nccc3ccc(C=C)cc23)C[C@H]1C=O. The van der Waals surface area contributed by atoms with Crippen LogP contribution in [-0.4, -0.2) is 74.5 Å². The maximum absolute atomic E-state index is 13.8. The highest BCUT2D eigenvalue weighted by Crippen LogP contribution is 2.29. The van der Waals surface area contributed by atoms with Crippen LogP contribution < -0.4 is 14.8 Å². The number of pyridine rings is 1. The number of sulfonamides is 1. The molecule has 0 saturated carbocycles. The number of alkyl carbamates (subject to hydrolysis) is 1. The Labute approximate surface area is 260 Å². The third kappa shape index (κ3) is 8.16. The van der Waals surface area contributed by atoms with Crippen molar-refractivity contribution < 1.29 is 32.3 Å². The lowest BCUT2D eigenvalue weighted by Crippen LogP contribution is -2.55. The number of unbranched alkanes of at least 4 members (excludes halogenated alkanes) is 1. The van der Waals surface area contributed by atoms with E-state index in [2.05, 4.69) is 33.4 Å². The first kappa shape index (κ1) is 33.0. The molecule has 1 aliphatic rings. The van der Waals surface area contributed by atoms with E-state index in [9.17, 15) is 27.7 Å². The van der Waals surface area contributed by atoms with Crippen molar-refractivity contribution in [3.05, 3.63) is 84.4 Å². The number of carbonyl (C=O) groups excluding carboxylic acids is 3. The van der Waals surface area contributed by atoms with Crippen molar-refractivity contribution >= 4 is 50.8 Å². The first-order chi connectivity index (χ1) is 21.7. The van der Waals surface area contributed by atoms with Gasteiger partial charge in [-0.2, -0.15) is 0 Å². The molecule has 0 spiro atoms. The Morgan fingerprint density at radius 2 is 1.98 bits per heavy atom. The highest BCUT2D eigenvalue weighted by molar-refractivity contribution is 7.89. The van der Waals surface area contributed by atoms with Crippen LogP contribution in [0.25, 0.3) is 16.8 Å². The fraction of sp³-hybridized carbons (Fsp3) is 0.290. The van der Waals surface area contributed by atoms with E-state index in [-0.39, 0.29) is 25.3 Å². The number of likely N-dealkylation sites (tertiary alicyclic amines) is 1. The zero-order valence-electron chi connectivity index (χ0n) is 24.3. The minimum atomic E-state index is -4.34. The summed E-state index contributed by atoms with van der Waals surface area (Å²) < 4.78 is 39.6. The van der Waals surface area contributed by atoms with Gasteiger partial charge >= 0.3 is 6.09 Å². The molecule has 0 radical (unpaired) electrons. The maximum atomic E-state index is 13.8. The highest BCUT2D eigenvalue weighted by atomic mass is 32.2. The van der Waals surface area contributed by atoms with Crippen LogP contribution in [0.3, 0.4) is 0 Å². The first-order valence-corrected chi connectivity index (χ1v) is 15.6. The Morgan fingerprint density at radius 1 is 1.18 bits per heavy atom. The topological polar surface area (TPSA) is 173 Å². The molecule has 236 valence electrons. The third-order valence-corrected chi connectivity index (χ3v) is 8.59. The summed E-state index contributed by atoms with van der Waals surface area (Å²) in [6, 6.07) is 10.4. The number of benzene rings is 2. The fourth-order valence-electron chi connectivity index (χ4n) is 4.84. The van der Waals surface area contributed by atoms with Gasteiger partial charge in [-0.3, -0.25) is 4.79 Å². The molecule has 1 aromatic heterocycles. The molecule has 13 nitrogen and oxygen atoms in total. The van der Waals surface area contributed by atoms with Crippen molar-refractivity contribution in [2.24, 2.45) is 5.18 Å².